The van der Waals surface area contributed by atoms with Gasteiger partial charge in [0.05, 0.1) is 7.11 Å². The summed E-state index contributed by atoms with van der Waals surface area (Å²) in [7, 11) is 1.76. The molecule has 1 fully saturated rings. The molecular formula is C16H23BrO. The van der Waals surface area contributed by atoms with Crippen LogP contribution in [-0.2, 0) is 0 Å². The van der Waals surface area contributed by atoms with Gasteiger partial charge in [-0.3, -0.25) is 0 Å². The highest BCUT2D eigenvalue weighted by atomic mass is 79.9. The van der Waals surface area contributed by atoms with Crippen molar-refractivity contribution in [2.75, 3.05) is 7.11 Å². The number of ether oxygens (including phenoxy) is 1. The molecule has 100 valence electrons. The van der Waals surface area contributed by atoms with Gasteiger partial charge in [-0.15, -0.1) is 0 Å². The Labute approximate surface area is 119 Å². The van der Waals surface area contributed by atoms with Gasteiger partial charge in [0.25, 0.3) is 0 Å². The third-order valence-electron chi connectivity index (χ3n) is 3.99. The molecule has 1 unspecified atom stereocenters. The summed E-state index contributed by atoms with van der Waals surface area (Å²) >= 11 is 3.87. The van der Waals surface area contributed by atoms with E-state index in [2.05, 4.69) is 41.1 Å². The zero-order valence-corrected chi connectivity index (χ0v) is 13.0. The van der Waals surface area contributed by atoms with Crippen LogP contribution < -0.4 is 4.74 Å². The number of benzene rings is 1. The van der Waals surface area contributed by atoms with E-state index in [4.69, 9.17) is 4.74 Å². The van der Waals surface area contributed by atoms with Crippen molar-refractivity contribution in [3.63, 3.8) is 0 Å². The monoisotopic (exact) mass is 310 g/mol. The van der Waals surface area contributed by atoms with Crippen LogP contribution in [0, 0.1) is 12.8 Å². The normalized spacial score (nSPS) is 18.6. The van der Waals surface area contributed by atoms with E-state index in [-0.39, 0.29) is 0 Å². The van der Waals surface area contributed by atoms with Crippen LogP contribution in [0.15, 0.2) is 18.2 Å². The molecule has 0 radical (unpaired) electrons. The van der Waals surface area contributed by atoms with Crippen molar-refractivity contribution >= 4 is 15.9 Å². The maximum Gasteiger partial charge on any atom is 0.123 e. The number of hydrogen-bond donors (Lipinski definition) is 0. The summed E-state index contributed by atoms with van der Waals surface area (Å²) < 4.78 is 5.48. The summed E-state index contributed by atoms with van der Waals surface area (Å²) in [5.74, 6) is 1.90. The molecule has 0 N–H and O–H groups in total. The second-order valence-electron chi connectivity index (χ2n) is 5.45. The SMILES string of the molecule is COc1ccc(C)cc1C(Br)CC1CCCCC1. The van der Waals surface area contributed by atoms with E-state index < -0.39 is 0 Å². The lowest BCUT2D eigenvalue weighted by Gasteiger charge is -2.25. The largest absolute Gasteiger partial charge is 0.496 e. The van der Waals surface area contributed by atoms with Crippen LogP contribution in [-0.4, -0.2) is 7.11 Å². The molecule has 1 aromatic carbocycles. The van der Waals surface area contributed by atoms with E-state index in [1.165, 1.54) is 49.7 Å². The molecule has 0 amide bonds. The first-order valence-electron chi connectivity index (χ1n) is 6.99. The van der Waals surface area contributed by atoms with Crippen LogP contribution in [0.1, 0.15) is 54.5 Å². The van der Waals surface area contributed by atoms with E-state index in [1.807, 2.05) is 0 Å². The van der Waals surface area contributed by atoms with E-state index in [0.29, 0.717) is 4.83 Å². The molecule has 0 bridgehead atoms. The highest BCUT2D eigenvalue weighted by Crippen LogP contribution is 2.39. The highest BCUT2D eigenvalue weighted by molar-refractivity contribution is 9.09. The first kappa shape index (κ1) is 13.9. The number of methoxy groups -OCH3 is 1. The lowest BCUT2D eigenvalue weighted by Crippen LogP contribution is -2.09. The van der Waals surface area contributed by atoms with Gasteiger partial charge in [-0.2, -0.15) is 0 Å². The first-order chi connectivity index (χ1) is 8.70. The highest BCUT2D eigenvalue weighted by Gasteiger charge is 2.20. The minimum Gasteiger partial charge on any atom is -0.496 e. The fourth-order valence-electron chi connectivity index (χ4n) is 2.94. The minimum absolute atomic E-state index is 0.426. The van der Waals surface area contributed by atoms with Crippen LogP contribution in [0.3, 0.4) is 0 Å². The Morgan fingerprint density at radius 3 is 2.67 bits per heavy atom. The summed E-state index contributed by atoms with van der Waals surface area (Å²) in [6, 6.07) is 6.45. The lowest BCUT2D eigenvalue weighted by molar-refractivity contribution is 0.336. The molecule has 1 saturated carbocycles. The van der Waals surface area contributed by atoms with Crippen molar-refractivity contribution in [2.45, 2.75) is 50.3 Å². The van der Waals surface area contributed by atoms with Gasteiger partial charge in [-0.05, 0) is 25.3 Å². The smallest absolute Gasteiger partial charge is 0.123 e. The molecule has 0 aliphatic heterocycles. The average Bonchev–Trinajstić information content (AvgIpc) is 2.40. The van der Waals surface area contributed by atoms with Crippen molar-refractivity contribution in [1.29, 1.82) is 0 Å². The average molecular weight is 311 g/mol. The van der Waals surface area contributed by atoms with Gasteiger partial charge in [-0.1, -0.05) is 65.7 Å². The molecule has 0 saturated heterocycles. The van der Waals surface area contributed by atoms with Crippen LogP contribution in [0.25, 0.3) is 0 Å². The fourth-order valence-corrected chi connectivity index (χ4v) is 3.83. The van der Waals surface area contributed by atoms with Crippen molar-refractivity contribution in [3.05, 3.63) is 29.3 Å². The molecular weight excluding hydrogens is 288 g/mol. The zero-order valence-electron chi connectivity index (χ0n) is 11.4. The summed E-state index contributed by atoms with van der Waals surface area (Å²) in [6.07, 6.45) is 8.29. The first-order valence-corrected chi connectivity index (χ1v) is 7.91. The minimum atomic E-state index is 0.426. The zero-order chi connectivity index (χ0) is 13.0. The number of alkyl halides is 1. The fraction of sp³-hybridized carbons (Fsp3) is 0.625. The van der Waals surface area contributed by atoms with E-state index in [9.17, 15) is 0 Å². The topological polar surface area (TPSA) is 9.23 Å². The molecule has 0 spiro atoms. The second kappa shape index (κ2) is 6.60. The molecule has 1 aliphatic carbocycles. The van der Waals surface area contributed by atoms with Crippen LogP contribution in [0.2, 0.25) is 0 Å². The maximum atomic E-state index is 5.48. The summed E-state index contributed by atoms with van der Waals surface area (Å²) in [4.78, 5) is 0.426. The summed E-state index contributed by atoms with van der Waals surface area (Å²) in [5, 5.41) is 0. The molecule has 1 atom stereocenters. The predicted octanol–water partition coefficient (Wildman–Crippen LogP) is 5.41. The van der Waals surface area contributed by atoms with Gasteiger partial charge in [-0.25, -0.2) is 0 Å². The van der Waals surface area contributed by atoms with E-state index >= 15 is 0 Å². The third-order valence-corrected chi connectivity index (χ3v) is 4.85. The van der Waals surface area contributed by atoms with Crippen molar-refractivity contribution in [1.82, 2.24) is 0 Å². The Hall–Kier alpha value is -0.500. The molecule has 1 aromatic rings. The molecule has 0 aromatic heterocycles. The Bertz CT molecular complexity index is 383. The molecule has 2 rings (SSSR count). The number of aryl methyl sites for hydroxylation is 1. The quantitative estimate of drug-likeness (QED) is 0.676. The molecule has 1 nitrogen and oxygen atoms in total. The molecule has 2 heteroatoms. The molecule has 18 heavy (non-hydrogen) atoms. The Kier molecular flexibility index (Phi) is 5.11. The van der Waals surface area contributed by atoms with Gasteiger partial charge >= 0.3 is 0 Å². The van der Waals surface area contributed by atoms with Gasteiger partial charge < -0.3 is 4.74 Å². The molecule has 1 aliphatic rings. The predicted molar refractivity (Wildman–Crippen MR) is 80.6 cm³/mol. The molecule has 0 heterocycles. The Morgan fingerprint density at radius 2 is 2.00 bits per heavy atom. The standard InChI is InChI=1S/C16H23BrO/c1-12-8-9-16(18-2)14(10-12)15(17)11-13-6-4-3-5-7-13/h8-10,13,15H,3-7,11H2,1-2H3. The van der Waals surface area contributed by atoms with Crippen molar-refractivity contribution in [2.24, 2.45) is 5.92 Å². The maximum absolute atomic E-state index is 5.48. The lowest BCUT2D eigenvalue weighted by atomic mass is 9.85. The van der Waals surface area contributed by atoms with Gasteiger partial charge in [0.15, 0.2) is 0 Å². The number of hydrogen-bond acceptors (Lipinski definition) is 1. The van der Waals surface area contributed by atoms with E-state index in [1.54, 1.807) is 7.11 Å². The van der Waals surface area contributed by atoms with Gasteiger partial charge in [0, 0.05) is 10.4 Å². The number of rotatable bonds is 4. The number of halogens is 1. The van der Waals surface area contributed by atoms with E-state index in [0.717, 1.165) is 11.7 Å². The third kappa shape index (κ3) is 3.50. The second-order valence-corrected chi connectivity index (χ2v) is 6.56. The van der Waals surface area contributed by atoms with Crippen LogP contribution in [0.4, 0.5) is 0 Å². The van der Waals surface area contributed by atoms with Crippen molar-refractivity contribution in [3.8, 4) is 5.75 Å². The Balaban J connectivity index is 2.07. The van der Waals surface area contributed by atoms with Crippen LogP contribution in [0.5, 0.6) is 5.75 Å². The Morgan fingerprint density at radius 1 is 1.28 bits per heavy atom. The van der Waals surface area contributed by atoms with Gasteiger partial charge in [0.2, 0.25) is 0 Å². The van der Waals surface area contributed by atoms with Gasteiger partial charge in [0.1, 0.15) is 5.75 Å². The summed E-state index contributed by atoms with van der Waals surface area (Å²) in [6.45, 7) is 2.14. The summed E-state index contributed by atoms with van der Waals surface area (Å²) in [5.41, 5.74) is 2.61. The van der Waals surface area contributed by atoms with Crippen LogP contribution >= 0.6 is 15.9 Å². The van der Waals surface area contributed by atoms with Crippen molar-refractivity contribution < 1.29 is 4.74 Å².